The number of aldehydes is 1. The van der Waals surface area contributed by atoms with E-state index < -0.39 is 0 Å². The summed E-state index contributed by atoms with van der Waals surface area (Å²) in [5.74, 6) is 0. The third-order valence-electron chi connectivity index (χ3n) is 2.37. The van der Waals surface area contributed by atoms with Crippen LogP contribution in [0.15, 0.2) is 0 Å². The van der Waals surface area contributed by atoms with Gasteiger partial charge in [-0.15, -0.1) is 0 Å². The van der Waals surface area contributed by atoms with Gasteiger partial charge in [-0.05, 0) is 13.3 Å². The maximum atomic E-state index is 10.5. The SMILES string of the molecule is CCCCCCCCC(C=O)OCC. The number of unbranched alkanes of at least 4 members (excludes halogenated alkanes) is 5. The Kier molecular flexibility index (Phi) is 10.4. The number of rotatable bonds is 10. The Morgan fingerprint density at radius 2 is 1.71 bits per heavy atom. The van der Waals surface area contributed by atoms with Crippen LogP contribution in [0.4, 0.5) is 0 Å². The Morgan fingerprint density at radius 1 is 1.07 bits per heavy atom. The van der Waals surface area contributed by atoms with Gasteiger partial charge in [0.05, 0.1) is 0 Å². The van der Waals surface area contributed by atoms with E-state index in [2.05, 4.69) is 6.92 Å². The van der Waals surface area contributed by atoms with Crippen LogP contribution in [-0.4, -0.2) is 19.0 Å². The van der Waals surface area contributed by atoms with Crippen LogP contribution in [0.3, 0.4) is 0 Å². The molecule has 0 amide bonds. The first-order chi connectivity index (χ1) is 6.85. The van der Waals surface area contributed by atoms with E-state index >= 15 is 0 Å². The lowest BCUT2D eigenvalue weighted by Crippen LogP contribution is -2.13. The predicted molar refractivity (Wildman–Crippen MR) is 59.5 cm³/mol. The Labute approximate surface area is 88.0 Å². The zero-order valence-electron chi connectivity index (χ0n) is 9.63. The first-order valence-electron chi connectivity index (χ1n) is 5.92. The summed E-state index contributed by atoms with van der Waals surface area (Å²) in [5.41, 5.74) is 0. The van der Waals surface area contributed by atoms with Gasteiger partial charge in [-0.1, -0.05) is 45.4 Å². The standard InChI is InChI=1S/C12H24O2/c1-3-5-6-7-8-9-10-12(11-13)14-4-2/h11-12H,3-10H2,1-2H3. The van der Waals surface area contributed by atoms with Crippen LogP contribution >= 0.6 is 0 Å². The van der Waals surface area contributed by atoms with Crippen LogP contribution in [0.5, 0.6) is 0 Å². The van der Waals surface area contributed by atoms with Gasteiger partial charge >= 0.3 is 0 Å². The van der Waals surface area contributed by atoms with Crippen molar-refractivity contribution in [3.05, 3.63) is 0 Å². The smallest absolute Gasteiger partial charge is 0.148 e. The molecule has 1 unspecified atom stereocenters. The van der Waals surface area contributed by atoms with Crippen molar-refractivity contribution < 1.29 is 9.53 Å². The van der Waals surface area contributed by atoms with Crippen LogP contribution in [0.25, 0.3) is 0 Å². The average molecular weight is 200 g/mol. The van der Waals surface area contributed by atoms with E-state index in [0.717, 1.165) is 19.1 Å². The molecule has 14 heavy (non-hydrogen) atoms. The highest BCUT2D eigenvalue weighted by Crippen LogP contribution is 2.09. The summed E-state index contributed by atoms with van der Waals surface area (Å²) in [7, 11) is 0. The Bertz CT molecular complexity index is 123. The van der Waals surface area contributed by atoms with E-state index in [1.54, 1.807) is 0 Å². The van der Waals surface area contributed by atoms with Crippen molar-refractivity contribution >= 4 is 6.29 Å². The summed E-state index contributed by atoms with van der Waals surface area (Å²) in [6.45, 7) is 4.79. The number of hydrogen-bond acceptors (Lipinski definition) is 2. The lowest BCUT2D eigenvalue weighted by Gasteiger charge is -2.09. The highest BCUT2D eigenvalue weighted by atomic mass is 16.5. The fourth-order valence-corrected chi connectivity index (χ4v) is 1.53. The molecule has 0 N–H and O–H groups in total. The molecule has 0 aliphatic carbocycles. The minimum Gasteiger partial charge on any atom is -0.371 e. The average Bonchev–Trinajstić information content (AvgIpc) is 2.21. The number of carbonyl (C=O) groups excluding carboxylic acids is 1. The molecule has 2 nitrogen and oxygen atoms in total. The minimum atomic E-state index is -0.161. The van der Waals surface area contributed by atoms with Crippen molar-refractivity contribution in [2.45, 2.75) is 64.9 Å². The summed E-state index contributed by atoms with van der Waals surface area (Å²) in [5, 5.41) is 0. The van der Waals surface area contributed by atoms with Gasteiger partial charge in [0.25, 0.3) is 0 Å². The van der Waals surface area contributed by atoms with Crippen LogP contribution in [0.1, 0.15) is 58.8 Å². The van der Waals surface area contributed by atoms with Crippen LogP contribution in [-0.2, 0) is 9.53 Å². The number of carbonyl (C=O) groups is 1. The van der Waals surface area contributed by atoms with Gasteiger partial charge in [0.2, 0.25) is 0 Å². The normalized spacial score (nSPS) is 12.7. The maximum absolute atomic E-state index is 10.5. The van der Waals surface area contributed by atoms with Gasteiger partial charge in [0.15, 0.2) is 0 Å². The molecule has 0 spiro atoms. The maximum Gasteiger partial charge on any atom is 0.148 e. The molecule has 0 aromatic rings. The van der Waals surface area contributed by atoms with E-state index in [-0.39, 0.29) is 6.10 Å². The van der Waals surface area contributed by atoms with Crippen molar-refractivity contribution in [1.29, 1.82) is 0 Å². The molecule has 2 heteroatoms. The summed E-state index contributed by atoms with van der Waals surface area (Å²) in [4.78, 5) is 10.5. The quantitative estimate of drug-likeness (QED) is 0.399. The topological polar surface area (TPSA) is 26.3 Å². The van der Waals surface area contributed by atoms with Crippen molar-refractivity contribution in [1.82, 2.24) is 0 Å². The van der Waals surface area contributed by atoms with E-state index in [4.69, 9.17) is 4.74 Å². The third kappa shape index (κ3) is 8.24. The van der Waals surface area contributed by atoms with Gasteiger partial charge in [-0.25, -0.2) is 0 Å². The third-order valence-corrected chi connectivity index (χ3v) is 2.37. The molecule has 0 saturated heterocycles. The Balaban J connectivity index is 3.20. The molecule has 84 valence electrons. The van der Waals surface area contributed by atoms with Crippen LogP contribution < -0.4 is 0 Å². The Hall–Kier alpha value is -0.370. The summed E-state index contributed by atoms with van der Waals surface area (Å²) in [6, 6.07) is 0. The molecule has 0 aliphatic rings. The van der Waals surface area contributed by atoms with Gasteiger partial charge in [-0.2, -0.15) is 0 Å². The van der Waals surface area contributed by atoms with Gasteiger partial charge in [0.1, 0.15) is 12.4 Å². The molecule has 0 heterocycles. The molecule has 0 bridgehead atoms. The first-order valence-corrected chi connectivity index (χ1v) is 5.92. The molecule has 0 aliphatic heterocycles. The summed E-state index contributed by atoms with van der Waals surface area (Å²) >= 11 is 0. The van der Waals surface area contributed by atoms with Gasteiger partial charge in [-0.3, -0.25) is 0 Å². The molecule has 1 atom stereocenters. The molecule has 0 radical (unpaired) electrons. The van der Waals surface area contributed by atoms with E-state index in [1.807, 2.05) is 6.92 Å². The predicted octanol–water partition coefficient (Wildman–Crippen LogP) is 3.34. The van der Waals surface area contributed by atoms with Crippen LogP contribution in [0, 0.1) is 0 Å². The van der Waals surface area contributed by atoms with E-state index in [0.29, 0.717) is 6.61 Å². The lowest BCUT2D eigenvalue weighted by atomic mass is 10.1. The fraction of sp³-hybridized carbons (Fsp3) is 0.917. The highest BCUT2D eigenvalue weighted by molar-refractivity contribution is 5.55. The molecule has 0 saturated carbocycles. The summed E-state index contributed by atoms with van der Waals surface area (Å²) in [6.07, 6.45) is 9.26. The molecule has 0 fully saturated rings. The van der Waals surface area contributed by atoms with E-state index in [1.165, 1.54) is 32.1 Å². The zero-order chi connectivity index (χ0) is 10.6. The molecular weight excluding hydrogens is 176 g/mol. The second-order valence-electron chi connectivity index (χ2n) is 3.69. The molecule has 0 aromatic carbocycles. The number of hydrogen-bond donors (Lipinski definition) is 0. The fourth-order valence-electron chi connectivity index (χ4n) is 1.53. The minimum absolute atomic E-state index is 0.161. The Morgan fingerprint density at radius 3 is 2.29 bits per heavy atom. The van der Waals surface area contributed by atoms with Crippen molar-refractivity contribution in [3.8, 4) is 0 Å². The van der Waals surface area contributed by atoms with E-state index in [9.17, 15) is 4.79 Å². The first kappa shape index (κ1) is 13.6. The monoisotopic (exact) mass is 200 g/mol. The molecule has 0 rings (SSSR count). The second-order valence-corrected chi connectivity index (χ2v) is 3.69. The highest BCUT2D eigenvalue weighted by Gasteiger charge is 2.04. The lowest BCUT2D eigenvalue weighted by molar-refractivity contribution is -0.118. The molecular formula is C12H24O2. The second kappa shape index (κ2) is 10.7. The van der Waals surface area contributed by atoms with Crippen LogP contribution in [0.2, 0.25) is 0 Å². The number of ether oxygens (including phenoxy) is 1. The largest absolute Gasteiger partial charge is 0.371 e. The van der Waals surface area contributed by atoms with Crippen molar-refractivity contribution in [3.63, 3.8) is 0 Å². The van der Waals surface area contributed by atoms with Crippen molar-refractivity contribution in [2.24, 2.45) is 0 Å². The zero-order valence-corrected chi connectivity index (χ0v) is 9.63. The van der Waals surface area contributed by atoms with Crippen molar-refractivity contribution in [2.75, 3.05) is 6.61 Å². The molecule has 0 aromatic heterocycles. The summed E-state index contributed by atoms with van der Waals surface area (Å²) < 4.78 is 5.25. The van der Waals surface area contributed by atoms with Gasteiger partial charge < -0.3 is 9.53 Å². The van der Waals surface area contributed by atoms with Gasteiger partial charge in [0, 0.05) is 6.61 Å².